The van der Waals surface area contributed by atoms with Gasteiger partial charge in [-0.1, -0.05) is 18.2 Å². The molecule has 90 valence electrons. The van der Waals surface area contributed by atoms with E-state index >= 15 is 0 Å². The van der Waals surface area contributed by atoms with Crippen molar-refractivity contribution in [2.24, 2.45) is 10.7 Å². The Bertz CT molecular complexity index is 500. The Morgan fingerprint density at radius 2 is 2.35 bits per heavy atom. The zero-order valence-corrected chi connectivity index (χ0v) is 9.74. The van der Waals surface area contributed by atoms with Crippen LogP contribution >= 0.6 is 0 Å². The molecule has 0 amide bonds. The number of alkyl halides is 1. The smallest absolute Gasteiger partial charge is 0.283 e. The van der Waals surface area contributed by atoms with E-state index in [4.69, 9.17) is 10.5 Å². The molecular formula is C13H15FN2O. The number of halogens is 1. The predicted octanol–water partition coefficient (Wildman–Crippen LogP) is 1.52. The second-order valence-corrected chi connectivity index (χ2v) is 4.88. The zero-order valence-electron chi connectivity index (χ0n) is 9.74. The van der Waals surface area contributed by atoms with Gasteiger partial charge in [-0.15, -0.1) is 0 Å². The fourth-order valence-corrected chi connectivity index (χ4v) is 2.94. The van der Waals surface area contributed by atoms with Gasteiger partial charge in [0.1, 0.15) is 12.2 Å². The molecule has 0 fully saturated rings. The molecule has 4 heteroatoms. The lowest BCUT2D eigenvalue weighted by molar-refractivity contribution is 0.108. The van der Waals surface area contributed by atoms with Gasteiger partial charge >= 0.3 is 0 Å². The number of rotatable bonds is 1. The van der Waals surface area contributed by atoms with Crippen LogP contribution in [0.2, 0.25) is 0 Å². The summed E-state index contributed by atoms with van der Waals surface area (Å²) in [5, 5.41) is 0. The van der Waals surface area contributed by atoms with Crippen LogP contribution in [0.3, 0.4) is 0 Å². The van der Waals surface area contributed by atoms with E-state index in [-0.39, 0.29) is 6.02 Å². The molecule has 0 bridgehead atoms. The van der Waals surface area contributed by atoms with Gasteiger partial charge in [-0.05, 0) is 23.6 Å². The molecule has 3 rings (SSSR count). The molecule has 2 N–H and O–H groups in total. The van der Waals surface area contributed by atoms with Crippen molar-refractivity contribution in [2.45, 2.75) is 31.4 Å². The number of aliphatic imine (C=N–C) groups is 1. The number of fused-ring (bicyclic) bond motifs is 1. The van der Waals surface area contributed by atoms with E-state index in [2.05, 4.69) is 24.0 Å². The SMILES string of the molecule is Cc1cccc2c1CC1(C2)N=C(N)OC1CF. The molecule has 1 aromatic rings. The first-order valence-electron chi connectivity index (χ1n) is 5.80. The molecule has 0 radical (unpaired) electrons. The van der Waals surface area contributed by atoms with E-state index in [0.717, 1.165) is 12.8 Å². The monoisotopic (exact) mass is 234 g/mol. The molecule has 2 atom stereocenters. The number of benzene rings is 1. The van der Waals surface area contributed by atoms with Gasteiger partial charge in [-0.25, -0.2) is 9.38 Å². The summed E-state index contributed by atoms with van der Waals surface area (Å²) >= 11 is 0. The van der Waals surface area contributed by atoms with Gasteiger partial charge in [0.15, 0.2) is 6.10 Å². The third kappa shape index (κ3) is 1.43. The number of nitrogens with zero attached hydrogens (tertiary/aromatic N) is 1. The number of aryl methyl sites for hydroxylation is 1. The van der Waals surface area contributed by atoms with Gasteiger partial charge in [0.05, 0.1) is 0 Å². The Balaban J connectivity index is 2.02. The van der Waals surface area contributed by atoms with E-state index in [1.807, 2.05) is 6.07 Å². The topological polar surface area (TPSA) is 47.6 Å². The first-order chi connectivity index (χ1) is 8.14. The van der Waals surface area contributed by atoms with Gasteiger partial charge in [-0.3, -0.25) is 0 Å². The summed E-state index contributed by atoms with van der Waals surface area (Å²) in [6.07, 6.45) is 0.915. The molecule has 3 nitrogen and oxygen atoms in total. The third-order valence-corrected chi connectivity index (χ3v) is 3.82. The van der Waals surface area contributed by atoms with Crippen molar-refractivity contribution in [1.29, 1.82) is 0 Å². The maximum Gasteiger partial charge on any atom is 0.283 e. The molecule has 2 unspecified atom stereocenters. The summed E-state index contributed by atoms with van der Waals surface area (Å²) in [6, 6.07) is 6.31. The average molecular weight is 234 g/mol. The van der Waals surface area contributed by atoms with Gasteiger partial charge in [0, 0.05) is 12.8 Å². The highest BCUT2D eigenvalue weighted by molar-refractivity contribution is 5.75. The van der Waals surface area contributed by atoms with Crippen LogP contribution in [-0.4, -0.2) is 24.3 Å². The number of nitrogens with two attached hydrogens (primary N) is 1. The van der Waals surface area contributed by atoms with Crippen molar-refractivity contribution >= 4 is 6.02 Å². The third-order valence-electron chi connectivity index (χ3n) is 3.82. The average Bonchev–Trinajstić information content (AvgIpc) is 2.80. The van der Waals surface area contributed by atoms with E-state index < -0.39 is 18.3 Å². The van der Waals surface area contributed by atoms with Crippen molar-refractivity contribution in [3.05, 3.63) is 34.9 Å². The Kier molecular flexibility index (Phi) is 2.15. The summed E-state index contributed by atoms with van der Waals surface area (Å²) in [5.41, 5.74) is 8.83. The van der Waals surface area contributed by atoms with Crippen molar-refractivity contribution in [3.8, 4) is 0 Å². The molecule has 17 heavy (non-hydrogen) atoms. The minimum absolute atomic E-state index is 0.123. The largest absolute Gasteiger partial charge is 0.457 e. The van der Waals surface area contributed by atoms with Crippen LogP contribution in [0.15, 0.2) is 23.2 Å². The molecule has 2 aliphatic rings. The highest BCUT2D eigenvalue weighted by Crippen LogP contribution is 2.40. The minimum Gasteiger partial charge on any atom is -0.457 e. The maximum atomic E-state index is 13.0. The Morgan fingerprint density at radius 3 is 3.06 bits per heavy atom. The minimum atomic E-state index is -0.544. The van der Waals surface area contributed by atoms with Gasteiger partial charge in [0.2, 0.25) is 0 Å². The van der Waals surface area contributed by atoms with Crippen molar-refractivity contribution < 1.29 is 9.13 Å². The summed E-state index contributed by atoms with van der Waals surface area (Å²) in [6.45, 7) is 1.53. The molecule has 1 aliphatic heterocycles. The lowest BCUT2D eigenvalue weighted by Crippen LogP contribution is -2.40. The lowest BCUT2D eigenvalue weighted by atomic mass is 9.90. The van der Waals surface area contributed by atoms with Crippen molar-refractivity contribution in [1.82, 2.24) is 0 Å². The highest BCUT2D eigenvalue weighted by Gasteiger charge is 2.49. The summed E-state index contributed by atoms with van der Waals surface area (Å²) < 4.78 is 18.3. The lowest BCUT2D eigenvalue weighted by Gasteiger charge is -2.24. The van der Waals surface area contributed by atoms with Gasteiger partial charge < -0.3 is 10.5 Å². The standard InChI is InChI=1S/C13H15FN2O/c1-8-3-2-4-9-5-13(6-10(8)9)11(7-14)17-12(15)16-13/h2-4,11H,5-7H2,1H3,(H2,15,16). The number of amidine groups is 1. The van der Waals surface area contributed by atoms with Crippen molar-refractivity contribution in [3.63, 3.8) is 0 Å². The van der Waals surface area contributed by atoms with E-state index in [1.54, 1.807) is 0 Å². The fraction of sp³-hybridized carbons (Fsp3) is 0.462. The van der Waals surface area contributed by atoms with Crippen LogP contribution in [0.25, 0.3) is 0 Å². The second-order valence-electron chi connectivity index (χ2n) is 4.88. The summed E-state index contributed by atoms with van der Waals surface area (Å²) in [7, 11) is 0. The molecular weight excluding hydrogens is 219 g/mol. The molecule has 1 aliphatic carbocycles. The van der Waals surface area contributed by atoms with Crippen molar-refractivity contribution in [2.75, 3.05) is 6.67 Å². The first-order valence-corrected chi connectivity index (χ1v) is 5.80. The van der Waals surface area contributed by atoms with E-state index in [1.165, 1.54) is 16.7 Å². The molecule has 0 saturated carbocycles. The summed E-state index contributed by atoms with van der Waals surface area (Å²) in [4.78, 5) is 4.36. The zero-order chi connectivity index (χ0) is 12.0. The second kappa shape index (κ2) is 3.45. The number of hydrogen-bond acceptors (Lipinski definition) is 3. The van der Waals surface area contributed by atoms with Gasteiger partial charge in [0.25, 0.3) is 6.02 Å². The Morgan fingerprint density at radius 1 is 1.53 bits per heavy atom. The Hall–Kier alpha value is -1.58. The van der Waals surface area contributed by atoms with Gasteiger partial charge in [-0.2, -0.15) is 0 Å². The van der Waals surface area contributed by atoms with Crippen LogP contribution in [0.1, 0.15) is 16.7 Å². The normalized spacial score (nSPS) is 30.2. The number of hydrogen-bond donors (Lipinski definition) is 1. The van der Waals surface area contributed by atoms with Crippen LogP contribution in [0.5, 0.6) is 0 Å². The predicted molar refractivity (Wildman–Crippen MR) is 63.8 cm³/mol. The molecule has 1 aromatic carbocycles. The summed E-state index contributed by atoms with van der Waals surface area (Å²) in [5.74, 6) is 0. The van der Waals surface area contributed by atoms with E-state index in [9.17, 15) is 4.39 Å². The van der Waals surface area contributed by atoms with Crippen LogP contribution in [0, 0.1) is 6.92 Å². The first kappa shape index (κ1) is 10.6. The molecule has 0 aromatic heterocycles. The Labute approximate surface area is 99.5 Å². The van der Waals surface area contributed by atoms with E-state index in [0.29, 0.717) is 0 Å². The van der Waals surface area contributed by atoms with Crippen LogP contribution < -0.4 is 5.73 Å². The fourth-order valence-electron chi connectivity index (χ4n) is 2.94. The molecule has 0 saturated heterocycles. The molecule has 1 heterocycles. The van der Waals surface area contributed by atoms with Crippen LogP contribution in [-0.2, 0) is 17.6 Å². The molecule has 1 spiro atoms. The quantitative estimate of drug-likeness (QED) is 0.800. The maximum absolute atomic E-state index is 13.0. The number of ether oxygens (including phenoxy) is 1. The van der Waals surface area contributed by atoms with Crippen LogP contribution in [0.4, 0.5) is 4.39 Å². The highest BCUT2D eigenvalue weighted by atomic mass is 19.1.